The van der Waals surface area contributed by atoms with E-state index in [1.165, 1.54) is 12.8 Å². The topological polar surface area (TPSA) is 56.1 Å². The molecule has 1 atom stereocenters. The van der Waals surface area contributed by atoms with Crippen molar-refractivity contribution in [3.8, 4) is 22.8 Å². The first-order valence-electron chi connectivity index (χ1n) is 9.98. The van der Waals surface area contributed by atoms with E-state index in [2.05, 4.69) is 22.8 Å². The first kappa shape index (κ1) is 17.9. The Kier molecular flexibility index (Phi) is 4.73. The van der Waals surface area contributed by atoms with Crippen molar-refractivity contribution in [3.05, 3.63) is 67.1 Å². The minimum absolute atomic E-state index is 0.502. The molecule has 0 bridgehead atoms. The van der Waals surface area contributed by atoms with Crippen LogP contribution in [0, 0.1) is 0 Å². The van der Waals surface area contributed by atoms with Crippen LogP contribution >= 0.6 is 0 Å². The Morgan fingerprint density at radius 3 is 2.59 bits per heavy atom. The Morgan fingerprint density at radius 2 is 1.83 bits per heavy atom. The van der Waals surface area contributed by atoms with E-state index in [1.54, 1.807) is 6.33 Å². The van der Waals surface area contributed by atoms with Crippen molar-refractivity contribution in [2.24, 2.45) is 0 Å². The molecule has 0 saturated carbocycles. The van der Waals surface area contributed by atoms with E-state index in [4.69, 9.17) is 9.84 Å². The third-order valence-corrected chi connectivity index (χ3v) is 5.57. The lowest BCUT2D eigenvalue weighted by Crippen LogP contribution is -2.31. The molecule has 1 aliphatic heterocycles. The molecule has 6 nitrogen and oxygen atoms in total. The maximum atomic E-state index is 5.91. The van der Waals surface area contributed by atoms with E-state index < -0.39 is 0 Å². The Bertz CT molecular complexity index is 1110. The van der Waals surface area contributed by atoms with Gasteiger partial charge in [0.15, 0.2) is 13.6 Å². The highest BCUT2D eigenvalue weighted by Gasteiger charge is 2.23. The van der Waals surface area contributed by atoms with Crippen LogP contribution in [0.4, 0.5) is 0 Å². The van der Waals surface area contributed by atoms with Gasteiger partial charge in [-0.15, -0.1) is 0 Å². The Balaban J connectivity index is 1.45. The van der Waals surface area contributed by atoms with Gasteiger partial charge in [0.1, 0.15) is 23.5 Å². The Morgan fingerprint density at radius 1 is 1.03 bits per heavy atom. The van der Waals surface area contributed by atoms with Crippen LogP contribution < -0.4 is 4.74 Å². The number of hydrogen-bond donors (Lipinski definition) is 0. The zero-order chi connectivity index (χ0) is 19.6. The highest BCUT2D eigenvalue weighted by atomic mass is 16.5. The van der Waals surface area contributed by atoms with Gasteiger partial charge in [0.2, 0.25) is 0 Å². The third-order valence-electron chi connectivity index (χ3n) is 5.57. The molecule has 144 valence electrons. The van der Waals surface area contributed by atoms with Crippen LogP contribution in [0.25, 0.3) is 22.3 Å². The predicted molar refractivity (Wildman–Crippen MR) is 116 cm³/mol. The van der Waals surface area contributed by atoms with E-state index in [1.807, 2.05) is 65.5 Å². The lowest BCUT2D eigenvalue weighted by atomic mass is 10.1. The monoisotopic (exact) mass is 383 g/mol. The van der Waals surface area contributed by atoms with Gasteiger partial charge >= 0.3 is 0 Å². The average Bonchev–Trinajstić information content (AvgIpc) is 3.34. The fourth-order valence-electron chi connectivity index (χ4n) is 3.97. The molecule has 0 spiro atoms. The maximum absolute atomic E-state index is 5.91. The summed E-state index contributed by atoms with van der Waals surface area (Å²) in [6.45, 7) is 1.99. The van der Waals surface area contributed by atoms with Crippen LogP contribution in [0.5, 0.6) is 11.5 Å². The van der Waals surface area contributed by atoms with Gasteiger partial charge in [0.05, 0.1) is 11.9 Å². The van der Waals surface area contributed by atoms with Crippen LogP contribution in [-0.2, 0) is 6.54 Å². The van der Waals surface area contributed by atoms with Crippen molar-refractivity contribution < 1.29 is 4.74 Å². The highest BCUT2D eigenvalue weighted by molar-refractivity contribution is 6.04. The molecule has 3 heterocycles. The highest BCUT2D eigenvalue weighted by Crippen LogP contribution is 2.30. The van der Waals surface area contributed by atoms with E-state index in [0.29, 0.717) is 6.04 Å². The molecule has 5 rings (SSSR count). The second kappa shape index (κ2) is 7.68. The fraction of sp³-hybridized carbons (Fsp3) is 0.227. The van der Waals surface area contributed by atoms with Gasteiger partial charge in [0.25, 0.3) is 0 Å². The molecule has 2 aromatic carbocycles. The molecular weight excluding hydrogens is 361 g/mol. The van der Waals surface area contributed by atoms with Crippen LogP contribution in [0.2, 0.25) is 0 Å². The van der Waals surface area contributed by atoms with Gasteiger partial charge in [0, 0.05) is 17.8 Å². The SMILES string of the molecule is BN1CCCC1Cn1nc(-c2ccc(Oc3ccccc3)cc2)c2cncnc21. The molecule has 7 heteroatoms. The summed E-state index contributed by atoms with van der Waals surface area (Å²) in [5, 5.41) is 5.89. The molecule has 1 fully saturated rings. The third kappa shape index (κ3) is 3.61. The number of para-hydroxylation sites is 1. The van der Waals surface area contributed by atoms with Crippen molar-refractivity contribution >= 4 is 19.0 Å². The molecule has 0 amide bonds. The molecule has 0 N–H and O–H groups in total. The average molecular weight is 383 g/mol. The molecule has 1 aliphatic rings. The number of rotatable bonds is 5. The first-order valence-corrected chi connectivity index (χ1v) is 9.98. The number of benzene rings is 2. The van der Waals surface area contributed by atoms with E-state index in [-0.39, 0.29) is 0 Å². The summed E-state index contributed by atoms with van der Waals surface area (Å²) in [6, 6.07) is 18.3. The van der Waals surface area contributed by atoms with Crippen molar-refractivity contribution in [3.63, 3.8) is 0 Å². The van der Waals surface area contributed by atoms with Crippen LogP contribution in [-0.4, -0.2) is 45.1 Å². The summed E-state index contributed by atoms with van der Waals surface area (Å²) < 4.78 is 7.94. The number of aromatic nitrogens is 4. The minimum atomic E-state index is 0.502. The molecule has 0 radical (unpaired) electrons. The number of fused-ring (bicyclic) bond motifs is 1. The van der Waals surface area contributed by atoms with Crippen LogP contribution in [0.1, 0.15) is 12.8 Å². The van der Waals surface area contributed by atoms with Gasteiger partial charge in [-0.25, -0.2) is 14.6 Å². The van der Waals surface area contributed by atoms with Crippen molar-refractivity contribution in [2.75, 3.05) is 6.54 Å². The van der Waals surface area contributed by atoms with Crippen molar-refractivity contribution in [1.82, 2.24) is 24.6 Å². The Labute approximate surface area is 170 Å². The van der Waals surface area contributed by atoms with Crippen molar-refractivity contribution in [1.29, 1.82) is 0 Å². The molecule has 1 saturated heterocycles. The quantitative estimate of drug-likeness (QED) is 0.495. The van der Waals surface area contributed by atoms with Gasteiger partial charge in [-0.3, -0.25) is 0 Å². The van der Waals surface area contributed by atoms with Gasteiger partial charge in [-0.2, -0.15) is 5.10 Å². The molecule has 2 aromatic heterocycles. The van der Waals surface area contributed by atoms with E-state index >= 15 is 0 Å². The largest absolute Gasteiger partial charge is 0.457 e. The second-order valence-corrected chi connectivity index (χ2v) is 7.51. The summed E-state index contributed by atoms with van der Waals surface area (Å²) in [5.74, 6) is 1.62. The fourth-order valence-corrected chi connectivity index (χ4v) is 3.97. The van der Waals surface area contributed by atoms with Crippen molar-refractivity contribution in [2.45, 2.75) is 25.4 Å². The number of nitrogens with zero attached hydrogens (tertiary/aromatic N) is 5. The molecule has 1 unspecified atom stereocenters. The van der Waals surface area contributed by atoms with Gasteiger partial charge in [-0.1, -0.05) is 18.2 Å². The Hall–Kier alpha value is -3.19. The zero-order valence-electron chi connectivity index (χ0n) is 16.4. The minimum Gasteiger partial charge on any atom is -0.457 e. The van der Waals surface area contributed by atoms with Gasteiger partial charge in [-0.05, 0) is 55.8 Å². The smallest absolute Gasteiger partial charge is 0.185 e. The summed E-state index contributed by atoms with van der Waals surface area (Å²) in [4.78, 5) is 11.2. The second-order valence-electron chi connectivity index (χ2n) is 7.51. The van der Waals surface area contributed by atoms with Gasteiger partial charge < -0.3 is 9.55 Å². The van der Waals surface area contributed by atoms with Crippen LogP contribution in [0.3, 0.4) is 0 Å². The summed E-state index contributed by atoms with van der Waals surface area (Å²) >= 11 is 0. The predicted octanol–water partition coefficient (Wildman–Crippen LogP) is 3.30. The summed E-state index contributed by atoms with van der Waals surface area (Å²) in [7, 11) is 2.19. The molecule has 4 aromatic rings. The molecule has 29 heavy (non-hydrogen) atoms. The van der Waals surface area contributed by atoms with E-state index in [0.717, 1.165) is 46.9 Å². The first-order chi connectivity index (χ1) is 14.3. The normalized spacial score (nSPS) is 17.0. The lowest BCUT2D eigenvalue weighted by Gasteiger charge is -2.19. The van der Waals surface area contributed by atoms with Crippen LogP contribution in [0.15, 0.2) is 67.1 Å². The molecule has 0 aliphatic carbocycles. The summed E-state index contributed by atoms with van der Waals surface area (Å²) in [6.07, 6.45) is 5.89. The maximum Gasteiger partial charge on any atom is 0.185 e. The standard InChI is InChI=1S/C22H22BN5O/c23-27-12-4-5-17(27)14-28-22-20(13-24-15-25-22)21(26-28)16-8-10-19(11-9-16)29-18-6-2-1-3-7-18/h1-3,6-11,13,15,17H,4-5,12,14,23H2. The van der Waals surface area contributed by atoms with E-state index in [9.17, 15) is 0 Å². The lowest BCUT2D eigenvalue weighted by molar-refractivity contribution is 0.363. The summed E-state index contributed by atoms with van der Waals surface area (Å²) in [5.41, 5.74) is 2.83. The molecular formula is C22H22BN5O. The zero-order valence-corrected chi connectivity index (χ0v) is 16.4. The number of hydrogen-bond acceptors (Lipinski definition) is 5. The number of ether oxygens (including phenoxy) is 1.